The van der Waals surface area contributed by atoms with Crippen molar-refractivity contribution in [3.05, 3.63) is 69.7 Å². The third kappa shape index (κ3) is 4.07. The second-order valence-corrected chi connectivity index (χ2v) is 5.29. The Hall–Kier alpha value is -1.88. The zero-order valence-corrected chi connectivity index (χ0v) is 12.8. The van der Waals surface area contributed by atoms with Gasteiger partial charge in [0.05, 0.1) is 10.0 Å². The average molecular weight is 339 g/mol. The van der Waals surface area contributed by atoms with Crippen LogP contribution in [-0.4, -0.2) is 23.5 Å². The molecule has 114 valence electrons. The summed E-state index contributed by atoms with van der Waals surface area (Å²) in [5.74, 6) is -1.33. The van der Waals surface area contributed by atoms with Gasteiger partial charge in [-0.3, -0.25) is 4.79 Å². The summed E-state index contributed by atoms with van der Waals surface area (Å²) in [7, 11) is 0. The lowest BCUT2D eigenvalue weighted by Crippen LogP contribution is -2.20. The number of Topliss-reactive ketones (excluding diaryl/α,β-unsaturated/α-hetero) is 1. The SMILES string of the molecule is O=C(COC(=O)C(O)c1ccccc1)c1ccc(Cl)c(Cl)c1. The molecular weight excluding hydrogens is 327 g/mol. The van der Waals surface area contributed by atoms with E-state index >= 15 is 0 Å². The van der Waals surface area contributed by atoms with E-state index in [-0.39, 0.29) is 10.6 Å². The molecule has 1 unspecified atom stereocenters. The van der Waals surface area contributed by atoms with E-state index in [1.54, 1.807) is 30.3 Å². The van der Waals surface area contributed by atoms with Gasteiger partial charge in [0.15, 0.2) is 18.5 Å². The summed E-state index contributed by atoms with van der Waals surface area (Å²) in [5.41, 5.74) is 0.672. The Morgan fingerprint density at radius 2 is 1.73 bits per heavy atom. The normalized spacial score (nSPS) is 11.8. The van der Waals surface area contributed by atoms with E-state index in [2.05, 4.69) is 0 Å². The third-order valence-corrected chi connectivity index (χ3v) is 3.66. The number of esters is 1. The van der Waals surface area contributed by atoms with Gasteiger partial charge >= 0.3 is 5.97 Å². The van der Waals surface area contributed by atoms with Crippen LogP contribution in [0.15, 0.2) is 48.5 Å². The van der Waals surface area contributed by atoms with Crippen LogP contribution in [0.3, 0.4) is 0 Å². The van der Waals surface area contributed by atoms with E-state index < -0.39 is 24.5 Å². The second kappa shape index (κ2) is 7.40. The van der Waals surface area contributed by atoms with Crippen molar-refractivity contribution in [1.29, 1.82) is 0 Å². The van der Waals surface area contributed by atoms with Crippen LogP contribution in [-0.2, 0) is 9.53 Å². The molecule has 0 saturated carbocycles. The van der Waals surface area contributed by atoms with Crippen LogP contribution in [0.2, 0.25) is 10.0 Å². The molecular formula is C16H12Cl2O4. The molecule has 0 amide bonds. The lowest BCUT2D eigenvalue weighted by Gasteiger charge is -2.10. The number of carbonyl (C=O) groups is 2. The molecule has 2 rings (SSSR count). The van der Waals surface area contributed by atoms with Crippen LogP contribution in [0, 0.1) is 0 Å². The highest BCUT2D eigenvalue weighted by Gasteiger charge is 2.20. The molecule has 1 N–H and O–H groups in total. The van der Waals surface area contributed by atoms with Gasteiger partial charge < -0.3 is 9.84 Å². The molecule has 2 aromatic carbocycles. The van der Waals surface area contributed by atoms with Crippen molar-refractivity contribution in [2.75, 3.05) is 6.61 Å². The summed E-state index contributed by atoms with van der Waals surface area (Å²) < 4.78 is 4.83. The highest BCUT2D eigenvalue weighted by Crippen LogP contribution is 2.23. The fraction of sp³-hybridized carbons (Fsp3) is 0.125. The minimum atomic E-state index is -1.43. The Labute approximate surface area is 137 Å². The summed E-state index contributed by atoms with van der Waals surface area (Å²) in [5, 5.41) is 10.4. The van der Waals surface area contributed by atoms with E-state index in [9.17, 15) is 14.7 Å². The Morgan fingerprint density at radius 3 is 2.36 bits per heavy atom. The summed E-state index contributed by atoms with van der Waals surface area (Å²) in [4.78, 5) is 23.6. The van der Waals surface area contributed by atoms with E-state index in [0.29, 0.717) is 10.6 Å². The minimum absolute atomic E-state index is 0.239. The first-order valence-electron chi connectivity index (χ1n) is 6.37. The number of ketones is 1. The van der Waals surface area contributed by atoms with Gasteiger partial charge in [0, 0.05) is 5.56 Å². The number of hydrogen-bond acceptors (Lipinski definition) is 4. The number of aliphatic hydroxyl groups excluding tert-OH is 1. The molecule has 0 aliphatic rings. The van der Waals surface area contributed by atoms with Gasteiger partial charge in [-0.2, -0.15) is 0 Å². The third-order valence-electron chi connectivity index (χ3n) is 2.93. The van der Waals surface area contributed by atoms with Crippen molar-refractivity contribution >= 4 is 35.0 Å². The maximum absolute atomic E-state index is 11.9. The topological polar surface area (TPSA) is 63.6 Å². The Bertz CT molecular complexity index is 686. The Balaban J connectivity index is 1.96. The smallest absolute Gasteiger partial charge is 0.340 e. The molecule has 0 radical (unpaired) electrons. The van der Waals surface area contributed by atoms with Crippen LogP contribution in [0.1, 0.15) is 22.0 Å². The molecule has 0 saturated heterocycles. The summed E-state index contributed by atoms with van der Waals surface area (Å²) in [6.07, 6.45) is -1.43. The molecule has 6 heteroatoms. The highest BCUT2D eigenvalue weighted by molar-refractivity contribution is 6.42. The molecule has 0 fully saturated rings. The minimum Gasteiger partial charge on any atom is -0.455 e. The Kier molecular flexibility index (Phi) is 5.55. The van der Waals surface area contributed by atoms with Crippen LogP contribution < -0.4 is 0 Å². The van der Waals surface area contributed by atoms with E-state index in [1.807, 2.05) is 0 Å². The number of halogens is 2. The Morgan fingerprint density at radius 1 is 1.05 bits per heavy atom. The predicted octanol–water partition coefficient (Wildman–Crippen LogP) is 3.45. The van der Waals surface area contributed by atoms with Crippen LogP contribution in [0.5, 0.6) is 0 Å². The highest BCUT2D eigenvalue weighted by atomic mass is 35.5. The lowest BCUT2D eigenvalue weighted by atomic mass is 10.1. The van der Waals surface area contributed by atoms with Crippen LogP contribution in [0.25, 0.3) is 0 Å². The molecule has 2 aromatic rings. The second-order valence-electron chi connectivity index (χ2n) is 4.47. The number of hydrogen-bond donors (Lipinski definition) is 1. The monoisotopic (exact) mass is 338 g/mol. The van der Waals surface area contributed by atoms with Gasteiger partial charge in [0.1, 0.15) is 0 Å². The van der Waals surface area contributed by atoms with Gasteiger partial charge in [0.25, 0.3) is 0 Å². The van der Waals surface area contributed by atoms with Crippen molar-refractivity contribution in [2.24, 2.45) is 0 Å². The van der Waals surface area contributed by atoms with Gasteiger partial charge in [0.2, 0.25) is 0 Å². The van der Waals surface area contributed by atoms with Gasteiger partial charge in [-0.25, -0.2) is 4.79 Å². The molecule has 0 aromatic heterocycles. The van der Waals surface area contributed by atoms with Crippen molar-refractivity contribution in [3.8, 4) is 0 Å². The molecule has 22 heavy (non-hydrogen) atoms. The molecule has 0 heterocycles. The number of aliphatic hydroxyl groups is 1. The lowest BCUT2D eigenvalue weighted by molar-refractivity contribution is -0.152. The number of ether oxygens (including phenoxy) is 1. The van der Waals surface area contributed by atoms with Crippen molar-refractivity contribution in [2.45, 2.75) is 6.10 Å². The summed E-state index contributed by atoms with van der Waals surface area (Å²) in [6, 6.07) is 12.7. The van der Waals surface area contributed by atoms with Crippen molar-refractivity contribution in [1.82, 2.24) is 0 Å². The maximum Gasteiger partial charge on any atom is 0.340 e. The summed E-state index contributed by atoms with van der Waals surface area (Å²) in [6.45, 7) is -0.485. The van der Waals surface area contributed by atoms with E-state index in [0.717, 1.165) is 0 Å². The van der Waals surface area contributed by atoms with Gasteiger partial charge in [-0.15, -0.1) is 0 Å². The predicted molar refractivity (Wildman–Crippen MR) is 83.2 cm³/mol. The van der Waals surface area contributed by atoms with Crippen LogP contribution >= 0.6 is 23.2 Å². The fourth-order valence-corrected chi connectivity index (χ4v) is 2.04. The van der Waals surface area contributed by atoms with Gasteiger partial charge in [-0.05, 0) is 23.8 Å². The zero-order chi connectivity index (χ0) is 16.1. The van der Waals surface area contributed by atoms with E-state index in [1.165, 1.54) is 18.2 Å². The van der Waals surface area contributed by atoms with E-state index in [4.69, 9.17) is 27.9 Å². The fourth-order valence-electron chi connectivity index (χ4n) is 1.74. The first-order valence-corrected chi connectivity index (χ1v) is 7.12. The van der Waals surface area contributed by atoms with Crippen molar-refractivity contribution < 1.29 is 19.4 Å². The van der Waals surface area contributed by atoms with Crippen LogP contribution in [0.4, 0.5) is 0 Å². The zero-order valence-electron chi connectivity index (χ0n) is 11.3. The number of benzene rings is 2. The summed E-state index contributed by atoms with van der Waals surface area (Å²) >= 11 is 11.6. The number of carbonyl (C=O) groups excluding carboxylic acids is 2. The largest absolute Gasteiger partial charge is 0.455 e. The molecule has 0 aliphatic carbocycles. The molecule has 0 spiro atoms. The first-order chi connectivity index (χ1) is 10.5. The molecule has 0 aliphatic heterocycles. The van der Waals surface area contributed by atoms with Crippen molar-refractivity contribution in [3.63, 3.8) is 0 Å². The first kappa shape index (κ1) is 16.5. The standard InChI is InChI=1S/C16H12Cl2O4/c17-12-7-6-11(8-13(12)18)14(19)9-22-16(21)15(20)10-4-2-1-3-5-10/h1-8,15,20H,9H2. The maximum atomic E-state index is 11.9. The number of rotatable bonds is 5. The molecule has 1 atom stereocenters. The molecule has 4 nitrogen and oxygen atoms in total. The quantitative estimate of drug-likeness (QED) is 0.669. The van der Waals surface area contributed by atoms with Gasteiger partial charge in [-0.1, -0.05) is 53.5 Å². The molecule has 0 bridgehead atoms. The average Bonchev–Trinajstić information content (AvgIpc) is 2.54.